The number of nitrogens with two attached hydrogens (primary N) is 1. The van der Waals surface area contributed by atoms with Crippen LogP contribution >= 0.6 is 0 Å². The predicted octanol–water partition coefficient (Wildman–Crippen LogP) is 1.62. The first-order valence-electron chi connectivity index (χ1n) is 9.54. The molecule has 0 spiro atoms. The second kappa shape index (κ2) is 8.58. The first kappa shape index (κ1) is 23.2. The fourth-order valence-electron chi connectivity index (χ4n) is 3.06. The fourth-order valence-corrected chi connectivity index (χ4v) is 5.13. The van der Waals surface area contributed by atoms with Crippen LogP contribution in [0.1, 0.15) is 41.7 Å². The molecule has 168 valence electrons. The number of hydrogen-bond donors (Lipinski definition) is 2. The SMILES string of the molecule is COc1ccc(C(=O)N(C)C(C)c2cccc(S(N)(=O)=O)c2)cc1S(=O)(=O)NC1CC1. The number of hydrogen-bond acceptors (Lipinski definition) is 6. The normalized spacial score (nSPS) is 15.4. The van der Waals surface area contributed by atoms with Crippen LogP contribution in [0.4, 0.5) is 0 Å². The number of benzene rings is 2. The van der Waals surface area contributed by atoms with E-state index in [9.17, 15) is 21.6 Å². The maximum absolute atomic E-state index is 13.1. The van der Waals surface area contributed by atoms with Crippen LogP contribution in [0.2, 0.25) is 0 Å². The van der Waals surface area contributed by atoms with Crippen molar-refractivity contribution in [3.63, 3.8) is 0 Å². The molecule has 1 atom stereocenters. The number of methoxy groups -OCH3 is 1. The predicted molar refractivity (Wildman–Crippen MR) is 115 cm³/mol. The Kier molecular flexibility index (Phi) is 6.42. The summed E-state index contributed by atoms with van der Waals surface area (Å²) in [6, 6.07) is 9.64. The number of nitrogens with one attached hydrogen (secondary N) is 1. The highest BCUT2D eigenvalue weighted by atomic mass is 32.2. The van der Waals surface area contributed by atoms with E-state index < -0.39 is 32.0 Å². The van der Waals surface area contributed by atoms with E-state index in [1.807, 2.05) is 0 Å². The second-order valence-corrected chi connectivity index (χ2v) is 10.7. The van der Waals surface area contributed by atoms with Gasteiger partial charge >= 0.3 is 0 Å². The zero-order valence-corrected chi connectivity index (χ0v) is 19.0. The second-order valence-electron chi connectivity index (χ2n) is 7.47. The molecular formula is C20H25N3O6S2. The number of primary sulfonamides is 1. The molecule has 1 fully saturated rings. The van der Waals surface area contributed by atoms with Crippen molar-refractivity contribution in [2.24, 2.45) is 5.14 Å². The van der Waals surface area contributed by atoms with Crippen molar-refractivity contribution in [3.05, 3.63) is 53.6 Å². The van der Waals surface area contributed by atoms with Crippen molar-refractivity contribution in [1.82, 2.24) is 9.62 Å². The Labute approximate surface area is 182 Å². The highest BCUT2D eigenvalue weighted by Crippen LogP contribution is 2.30. The summed E-state index contributed by atoms with van der Waals surface area (Å²) < 4.78 is 56.4. The van der Waals surface area contributed by atoms with Crippen molar-refractivity contribution >= 4 is 26.0 Å². The van der Waals surface area contributed by atoms with Gasteiger partial charge in [0, 0.05) is 18.7 Å². The Bertz CT molecular complexity index is 1210. The van der Waals surface area contributed by atoms with E-state index in [0.717, 1.165) is 12.8 Å². The minimum Gasteiger partial charge on any atom is -0.495 e. The van der Waals surface area contributed by atoms with Crippen LogP contribution in [0.25, 0.3) is 0 Å². The van der Waals surface area contributed by atoms with E-state index in [-0.39, 0.29) is 27.1 Å². The molecule has 11 heteroatoms. The van der Waals surface area contributed by atoms with Gasteiger partial charge in [-0.1, -0.05) is 12.1 Å². The summed E-state index contributed by atoms with van der Waals surface area (Å²) in [6.07, 6.45) is 1.55. The van der Waals surface area contributed by atoms with Gasteiger partial charge in [0.25, 0.3) is 5.91 Å². The first-order chi connectivity index (χ1) is 14.4. The van der Waals surface area contributed by atoms with Gasteiger partial charge in [0.15, 0.2) is 0 Å². The average Bonchev–Trinajstić information content (AvgIpc) is 3.54. The molecule has 3 N–H and O–H groups in total. The van der Waals surface area contributed by atoms with E-state index in [4.69, 9.17) is 9.88 Å². The topological polar surface area (TPSA) is 136 Å². The third-order valence-corrected chi connectivity index (χ3v) is 7.62. The van der Waals surface area contributed by atoms with Crippen molar-refractivity contribution in [1.29, 1.82) is 0 Å². The van der Waals surface area contributed by atoms with Gasteiger partial charge in [0.05, 0.1) is 18.0 Å². The summed E-state index contributed by atoms with van der Waals surface area (Å²) in [7, 11) is -4.81. The van der Waals surface area contributed by atoms with Gasteiger partial charge in [-0.3, -0.25) is 4.79 Å². The summed E-state index contributed by atoms with van der Waals surface area (Å²) in [4.78, 5) is 14.3. The Balaban J connectivity index is 1.91. The summed E-state index contributed by atoms with van der Waals surface area (Å²) in [5.74, 6) is -0.291. The highest BCUT2D eigenvalue weighted by Gasteiger charge is 2.31. The molecule has 1 amide bonds. The molecule has 3 rings (SSSR count). The quantitative estimate of drug-likeness (QED) is 0.605. The lowest BCUT2D eigenvalue weighted by molar-refractivity contribution is 0.0742. The van der Waals surface area contributed by atoms with E-state index in [2.05, 4.69) is 4.72 Å². The van der Waals surface area contributed by atoms with Crippen LogP contribution < -0.4 is 14.6 Å². The lowest BCUT2D eigenvalue weighted by Crippen LogP contribution is -2.30. The van der Waals surface area contributed by atoms with Crippen LogP contribution in [-0.2, 0) is 20.0 Å². The number of rotatable bonds is 8. The maximum Gasteiger partial charge on any atom is 0.254 e. The molecule has 0 aromatic heterocycles. The molecule has 0 saturated heterocycles. The van der Waals surface area contributed by atoms with Gasteiger partial charge in [0.1, 0.15) is 10.6 Å². The van der Waals surface area contributed by atoms with Gasteiger partial charge in [-0.25, -0.2) is 26.7 Å². The van der Waals surface area contributed by atoms with Crippen molar-refractivity contribution in [2.75, 3.05) is 14.2 Å². The number of amides is 1. The molecule has 1 aliphatic carbocycles. The monoisotopic (exact) mass is 467 g/mol. The number of nitrogens with zero attached hydrogens (tertiary/aromatic N) is 1. The molecule has 0 bridgehead atoms. The van der Waals surface area contributed by atoms with Crippen LogP contribution in [0.15, 0.2) is 52.3 Å². The molecule has 31 heavy (non-hydrogen) atoms. The van der Waals surface area contributed by atoms with E-state index >= 15 is 0 Å². The van der Waals surface area contributed by atoms with Gasteiger partial charge in [-0.05, 0) is 55.7 Å². The fraction of sp³-hybridized carbons (Fsp3) is 0.350. The molecule has 0 aliphatic heterocycles. The largest absolute Gasteiger partial charge is 0.495 e. The van der Waals surface area contributed by atoms with Crippen molar-refractivity contribution in [3.8, 4) is 5.75 Å². The third-order valence-electron chi connectivity index (χ3n) is 5.17. The maximum atomic E-state index is 13.1. The van der Waals surface area contributed by atoms with Gasteiger partial charge in [0.2, 0.25) is 20.0 Å². The van der Waals surface area contributed by atoms with Gasteiger partial charge in [-0.2, -0.15) is 0 Å². The third kappa shape index (κ3) is 5.24. The molecule has 0 radical (unpaired) electrons. The number of carbonyl (C=O) groups excluding carboxylic acids is 1. The zero-order chi connectivity index (χ0) is 23.0. The molecule has 2 aromatic rings. The summed E-state index contributed by atoms with van der Waals surface area (Å²) >= 11 is 0. The van der Waals surface area contributed by atoms with E-state index in [0.29, 0.717) is 5.56 Å². The number of carbonyl (C=O) groups is 1. The van der Waals surface area contributed by atoms with Crippen molar-refractivity contribution < 1.29 is 26.4 Å². The smallest absolute Gasteiger partial charge is 0.254 e. The lowest BCUT2D eigenvalue weighted by Gasteiger charge is -2.26. The zero-order valence-electron chi connectivity index (χ0n) is 17.4. The van der Waals surface area contributed by atoms with Crippen LogP contribution in [0.3, 0.4) is 0 Å². The minimum absolute atomic E-state index is 0.0540. The Morgan fingerprint density at radius 1 is 1.16 bits per heavy atom. The van der Waals surface area contributed by atoms with E-state index in [1.54, 1.807) is 26.1 Å². The summed E-state index contributed by atoms with van der Waals surface area (Å²) in [5.41, 5.74) is 0.730. The number of ether oxygens (including phenoxy) is 1. The van der Waals surface area contributed by atoms with Crippen LogP contribution in [0.5, 0.6) is 5.75 Å². The molecular weight excluding hydrogens is 442 g/mol. The minimum atomic E-state index is -3.88. The van der Waals surface area contributed by atoms with Gasteiger partial charge < -0.3 is 9.64 Å². The van der Waals surface area contributed by atoms with Crippen LogP contribution in [-0.4, -0.2) is 47.8 Å². The molecule has 0 heterocycles. The molecule has 1 saturated carbocycles. The summed E-state index contributed by atoms with van der Waals surface area (Å²) in [6.45, 7) is 1.73. The first-order valence-corrected chi connectivity index (χ1v) is 12.6. The Morgan fingerprint density at radius 3 is 2.42 bits per heavy atom. The summed E-state index contributed by atoms with van der Waals surface area (Å²) in [5, 5.41) is 5.19. The van der Waals surface area contributed by atoms with Crippen molar-refractivity contribution in [2.45, 2.75) is 41.6 Å². The van der Waals surface area contributed by atoms with Crippen LogP contribution in [0, 0.1) is 0 Å². The Hall–Kier alpha value is -2.47. The Morgan fingerprint density at radius 2 is 1.84 bits per heavy atom. The molecule has 2 aromatic carbocycles. The molecule has 1 unspecified atom stereocenters. The average molecular weight is 468 g/mol. The number of sulfonamides is 2. The standard InChI is InChI=1S/C20H25N3O6S2/c1-13(14-5-4-6-17(11-14)30(21,25)26)23(2)20(24)15-7-10-18(29-3)19(12-15)31(27,28)22-16-8-9-16/h4-7,10-13,16,22H,8-9H2,1-3H3,(H2,21,25,26). The molecule has 9 nitrogen and oxygen atoms in total. The van der Waals surface area contributed by atoms with Gasteiger partial charge in [-0.15, -0.1) is 0 Å². The highest BCUT2D eigenvalue weighted by molar-refractivity contribution is 7.89. The van der Waals surface area contributed by atoms with E-state index in [1.165, 1.54) is 42.3 Å². The molecule has 1 aliphatic rings. The lowest BCUT2D eigenvalue weighted by atomic mass is 10.1.